The van der Waals surface area contributed by atoms with E-state index in [0.29, 0.717) is 11.7 Å². The molecule has 0 radical (unpaired) electrons. The second kappa shape index (κ2) is 11.6. The number of carbonyl (C=O) groups is 3. The second-order valence-electron chi connectivity index (χ2n) is 9.58. The van der Waals surface area contributed by atoms with Gasteiger partial charge in [0.2, 0.25) is 0 Å². The Morgan fingerprint density at radius 3 is 1.97 bits per heavy atom. The second-order valence-corrected chi connectivity index (χ2v) is 9.58. The minimum absolute atomic E-state index is 0.334. The Morgan fingerprint density at radius 1 is 0.917 bits per heavy atom. The largest absolute Gasteiger partial charge is 0.490 e. The zero-order valence-corrected chi connectivity index (χ0v) is 21.2. The van der Waals surface area contributed by atoms with Crippen molar-refractivity contribution in [1.82, 2.24) is 10.6 Å². The highest BCUT2D eigenvalue weighted by Crippen LogP contribution is 2.26. The van der Waals surface area contributed by atoms with Gasteiger partial charge in [0.25, 0.3) is 5.91 Å². The number of benzene rings is 2. The Labute approximate surface area is 211 Å². The third kappa shape index (κ3) is 8.35. The molecule has 2 atom stereocenters. The first-order valence-electron chi connectivity index (χ1n) is 11.8. The van der Waals surface area contributed by atoms with Crippen molar-refractivity contribution in [3.05, 3.63) is 65.2 Å². The smallest absolute Gasteiger partial charge is 0.407 e. The fourth-order valence-corrected chi connectivity index (χ4v) is 3.16. The third-order valence-electron chi connectivity index (χ3n) is 5.17. The number of methoxy groups -OCH3 is 1. The number of amides is 2. The van der Waals surface area contributed by atoms with E-state index in [1.165, 1.54) is 7.11 Å². The average molecular weight is 493 g/mol. The van der Waals surface area contributed by atoms with Crippen molar-refractivity contribution in [3.8, 4) is 17.6 Å². The number of alkyl carbamates (subject to hydrolysis) is 1. The van der Waals surface area contributed by atoms with Crippen LogP contribution in [0.1, 0.15) is 62.0 Å². The fraction of sp³-hybridized carbons (Fsp3) is 0.393. The molecule has 2 amide bonds. The van der Waals surface area contributed by atoms with E-state index in [9.17, 15) is 14.4 Å². The highest BCUT2D eigenvalue weighted by atomic mass is 16.6. The third-order valence-corrected chi connectivity index (χ3v) is 5.17. The van der Waals surface area contributed by atoms with E-state index in [-0.39, 0.29) is 0 Å². The topological polar surface area (TPSA) is 103 Å². The van der Waals surface area contributed by atoms with Gasteiger partial charge in [-0.15, -0.1) is 0 Å². The molecule has 0 bridgehead atoms. The number of hydrogen-bond acceptors (Lipinski definition) is 6. The maximum absolute atomic E-state index is 12.8. The molecular formula is C28H32N2O6. The van der Waals surface area contributed by atoms with Crippen LogP contribution in [-0.2, 0) is 14.3 Å². The molecule has 0 unspecified atom stereocenters. The van der Waals surface area contributed by atoms with Gasteiger partial charge in [0, 0.05) is 16.7 Å². The molecule has 2 aromatic rings. The molecule has 3 rings (SSSR count). The molecule has 0 aromatic heterocycles. The lowest BCUT2D eigenvalue weighted by atomic mass is 10.1. The van der Waals surface area contributed by atoms with Gasteiger partial charge in [0.15, 0.2) is 0 Å². The van der Waals surface area contributed by atoms with Crippen LogP contribution in [-0.4, -0.2) is 48.9 Å². The van der Waals surface area contributed by atoms with Crippen molar-refractivity contribution in [2.24, 2.45) is 0 Å². The fourth-order valence-electron chi connectivity index (χ4n) is 3.16. The molecule has 0 heterocycles. The van der Waals surface area contributed by atoms with Crippen molar-refractivity contribution in [3.63, 3.8) is 0 Å². The van der Waals surface area contributed by atoms with E-state index < -0.39 is 35.7 Å². The molecule has 2 N–H and O–H groups in total. The van der Waals surface area contributed by atoms with E-state index in [1.54, 1.807) is 52.0 Å². The molecule has 190 valence electrons. The monoisotopic (exact) mass is 492 g/mol. The SMILES string of the molecule is COC(=O)[C@@H](NC(=O)c1ccc(C#Cc2ccc(OC3CC3)cc2)cc1)[C@@H](C)NC(=O)OC(C)(C)C. The predicted molar refractivity (Wildman–Crippen MR) is 135 cm³/mol. The summed E-state index contributed by atoms with van der Waals surface area (Å²) in [7, 11) is 1.21. The van der Waals surface area contributed by atoms with Crippen LogP contribution in [0.25, 0.3) is 0 Å². The van der Waals surface area contributed by atoms with Gasteiger partial charge in [0.05, 0.1) is 19.3 Å². The molecule has 8 nitrogen and oxygen atoms in total. The summed E-state index contributed by atoms with van der Waals surface area (Å²) in [5.41, 5.74) is 1.22. The summed E-state index contributed by atoms with van der Waals surface area (Å²) in [5.74, 6) is 5.82. The zero-order valence-electron chi connectivity index (χ0n) is 21.2. The van der Waals surface area contributed by atoms with Gasteiger partial charge in [-0.3, -0.25) is 4.79 Å². The van der Waals surface area contributed by atoms with E-state index in [1.807, 2.05) is 24.3 Å². The first-order chi connectivity index (χ1) is 17.0. The minimum Gasteiger partial charge on any atom is -0.490 e. The van der Waals surface area contributed by atoms with Crippen molar-refractivity contribution >= 4 is 18.0 Å². The zero-order chi connectivity index (χ0) is 26.3. The van der Waals surface area contributed by atoms with Gasteiger partial charge in [-0.05, 0) is 89.1 Å². The normalized spacial score (nSPS) is 14.4. The van der Waals surface area contributed by atoms with E-state index >= 15 is 0 Å². The van der Waals surface area contributed by atoms with Gasteiger partial charge in [-0.1, -0.05) is 11.8 Å². The lowest BCUT2D eigenvalue weighted by molar-refractivity contribution is -0.143. The summed E-state index contributed by atoms with van der Waals surface area (Å²) in [6, 6.07) is 12.4. The molecule has 0 aliphatic heterocycles. The van der Waals surface area contributed by atoms with Crippen molar-refractivity contribution in [2.45, 2.75) is 64.3 Å². The van der Waals surface area contributed by atoms with Crippen LogP contribution < -0.4 is 15.4 Å². The molecule has 36 heavy (non-hydrogen) atoms. The van der Waals surface area contributed by atoms with Crippen molar-refractivity contribution in [1.29, 1.82) is 0 Å². The van der Waals surface area contributed by atoms with Crippen LogP contribution >= 0.6 is 0 Å². The molecule has 1 aliphatic carbocycles. The number of carbonyl (C=O) groups excluding carboxylic acids is 3. The maximum atomic E-state index is 12.8. The lowest BCUT2D eigenvalue weighted by Gasteiger charge is -2.26. The van der Waals surface area contributed by atoms with Crippen LogP contribution in [0.2, 0.25) is 0 Å². The highest BCUT2D eigenvalue weighted by Gasteiger charge is 2.30. The molecule has 8 heteroatoms. The summed E-state index contributed by atoms with van der Waals surface area (Å²) >= 11 is 0. The molecule has 1 saturated carbocycles. The van der Waals surface area contributed by atoms with Crippen LogP contribution in [0, 0.1) is 11.8 Å². The van der Waals surface area contributed by atoms with Gasteiger partial charge in [-0.2, -0.15) is 0 Å². The van der Waals surface area contributed by atoms with Crippen LogP contribution in [0.3, 0.4) is 0 Å². The number of esters is 1. The van der Waals surface area contributed by atoms with Crippen LogP contribution in [0.15, 0.2) is 48.5 Å². The van der Waals surface area contributed by atoms with E-state index in [4.69, 9.17) is 14.2 Å². The molecule has 2 aromatic carbocycles. The first-order valence-corrected chi connectivity index (χ1v) is 11.8. The minimum atomic E-state index is -1.11. The average Bonchev–Trinajstić information content (AvgIpc) is 3.64. The number of rotatable bonds is 7. The Bertz CT molecular complexity index is 1140. The number of ether oxygens (including phenoxy) is 3. The van der Waals surface area contributed by atoms with Gasteiger partial charge >= 0.3 is 12.1 Å². The summed E-state index contributed by atoms with van der Waals surface area (Å²) in [6.07, 6.45) is 1.87. The number of nitrogens with one attached hydrogen (secondary N) is 2. The van der Waals surface area contributed by atoms with Gasteiger partial charge in [-0.25, -0.2) is 9.59 Å². The summed E-state index contributed by atoms with van der Waals surface area (Å²) in [4.78, 5) is 37.2. The Morgan fingerprint density at radius 2 is 1.47 bits per heavy atom. The summed E-state index contributed by atoms with van der Waals surface area (Å²) in [6.45, 7) is 6.76. The highest BCUT2D eigenvalue weighted by molar-refractivity contribution is 5.97. The van der Waals surface area contributed by atoms with Crippen LogP contribution in [0.5, 0.6) is 5.75 Å². The summed E-state index contributed by atoms with van der Waals surface area (Å²) in [5, 5.41) is 5.18. The molecular weight excluding hydrogens is 460 g/mol. The Hall–Kier alpha value is -3.99. The van der Waals surface area contributed by atoms with Crippen LogP contribution in [0.4, 0.5) is 4.79 Å². The maximum Gasteiger partial charge on any atom is 0.407 e. The van der Waals surface area contributed by atoms with Gasteiger partial charge < -0.3 is 24.8 Å². The quantitative estimate of drug-likeness (QED) is 0.450. The Balaban J connectivity index is 1.61. The molecule has 1 fully saturated rings. The van der Waals surface area contributed by atoms with Crippen molar-refractivity contribution < 1.29 is 28.6 Å². The lowest BCUT2D eigenvalue weighted by Crippen LogP contribution is -2.55. The summed E-state index contributed by atoms with van der Waals surface area (Å²) < 4.78 is 15.8. The predicted octanol–water partition coefficient (Wildman–Crippen LogP) is 3.81. The Kier molecular flexibility index (Phi) is 8.59. The molecule has 1 aliphatic rings. The first kappa shape index (κ1) is 26.6. The standard InChI is InChI=1S/C28H32N2O6/c1-18(29-27(33)36-28(2,3)4)24(26(32)34-5)30-25(31)21-12-8-19(9-13-21)6-7-20-10-14-22(15-11-20)35-23-16-17-23/h8-15,18,23-24H,16-17H2,1-5H3,(H,29,33)(H,30,31)/t18-,24+/m1/s1. The number of hydrogen-bond donors (Lipinski definition) is 2. The van der Waals surface area contributed by atoms with E-state index in [0.717, 1.165) is 29.7 Å². The molecule has 0 spiro atoms. The van der Waals surface area contributed by atoms with Crippen molar-refractivity contribution in [2.75, 3.05) is 7.11 Å². The molecule has 0 saturated heterocycles. The van der Waals surface area contributed by atoms with E-state index in [2.05, 4.69) is 22.5 Å². The van der Waals surface area contributed by atoms with Gasteiger partial charge in [0.1, 0.15) is 17.4 Å².